The van der Waals surface area contributed by atoms with Crippen molar-refractivity contribution in [3.05, 3.63) is 60.0 Å². The first-order valence-corrected chi connectivity index (χ1v) is 13.7. The third kappa shape index (κ3) is 7.39. The Bertz CT molecular complexity index is 1410. The molecule has 5 rings (SSSR count). The third-order valence-electron chi connectivity index (χ3n) is 7.05. The van der Waals surface area contributed by atoms with Crippen LogP contribution in [0.1, 0.15) is 67.2 Å². The zero-order valence-corrected chi connectivity index (χ0v) is 22.7. The molecule has 2 fully saturated rings. The molecule has 2 saturated heterocycles. The number of nitrogens with zero attached hydrogens (tertiary/aromatic N) is 4. The van der Waals surface area contributed by atoms with Gasteiger partial charge in [-0.15, -0.1) is 0 Å². The highest BCUT2D eigenvalue weighted by atomic mass is 16.7. The van der Waals surface area contributed by atoms with Gasteiger partial charge in [-0.3, -0.25) is 4.68 Å². The molecule has 1 aromatic carbocycles. The molecule has 0 amide bonds. The van der Waals surface area contributed by atoms with Crippen LogP contribution in [0.15, 0.2) is 48.9 Å². The zero-order chi connectivity index (χ0) is 29.7. The second kappa shape index (κ2) is 12.2. The smallest absolute Gasteiger partial charge is 0.166 e. The minimum Gasteiger partial charge on any atom is -0.485 e. The highest BCUT2D eigenvalue weighted by Crippen LogP contribution is 2.29. The Hall–Kier alpha value is -3.38. The van der Waals surface area contributed by atoms with Gasteiger partial charge in [-0.05, 0) is 89.8 Å². The second-order valence-electron chi connectivity index (χ2n) is 10.7. The topological polar surface area (TPSA) is 87.7 Å². The summed E-state index contributed by atoms with van der Waals surface area (Å²) in [7, 11) is 0. The summed E-state index contributed by atoms with van der Waals surface area (Å²) in [6.45, 7) is 3.95. The number of ether oxygens (including phenoxy) is 3. The molecule has 0 radical (unpaired) electrons. The van der Waals surface area contributed by atoms with E-state index >= 15 is 0 Å². The van der Waals surface area contributed by atoms with E-state index in [1.54, 1.807) is 17.3 Å². The first kappa shape index (κ1) is 23.5. The molecule has 3 aromatic rings. The molecule has 2 aliphatic heterocycles. The lowest BCUT2D eigenvalue weighted by Crippen LogP contribution is -2.33. The molecular formula is C31H39N5O3. The molecule has 0 saturated carbocycles. The van der Waals surface area contributed by atoms with Gasteiger partial charge in [0.15, 0.2) is 17.9 Å². The van der Waals surface area contributed by atoms with E-state index < -0.39 is 12.6 Å². The molecule has 39 heavy (non-hydrogen) atoms. The lowest BCUT2D eigenvalue weighted by Gasteiger charge is -2.29. The Morgan fingerprint density at radius 2 is 2.03 bits per heavy atom. The molecule has 2 aliphatic rings. The largest absolute Gasteiger partial charge is 0.485 e. The van der Waals surface area contributed by atoms with Crippen LogP contribution in [0.4, 0.5) is 5.82 Å². The number of likely N-dealkylation sites (tertiary alicyclic amines) is 1. The first-order valence-electron chi connectivity index (χ1n) is 15.2. The van der Waals surface area contributed by atoms with Crippen LogP contribution >= 0.6 is 0 Å². The Balaban J connectivity index is 1.20. The number of anilines is 1. The van der Waals surface area contributed by atoms with E-state index in [-0.39, 0.29) is 12.3 Å². The number of nitrogen functional groups attached to an aromatic ring is 1. The molecule has 1 atom stereocenters. The van der Waals surface area contributed by atoms with Crippen LogP contribution in [0, 0.1) is 11.8 Å². The van der Waals surface area contributed by atoms with Crippen LogP contribution in [0.3, 0.4) is 0 Å². The third-order valence-corrected chi connectivity index (χ3v) is 7.05. The molecular weight excluding hydrogens is 490 g/mol. The van der Waals surface area contributed by atoms with E-state index in [1.165, 1.54) is 0 Å². The molecule has 2 aromatic heterocycles. The molecule has 0 bridgehead atoms. The van der Waals surface area contributed by atoms with Gasteiger partial charge in [0.2, 0.25) is 0 Å². The summed E-state index contributed by atoms with van der Waals surface area (Å²) >= 11 is 0. The Kier molecular flexibility index (Phi) is 7.36. The summed E-state index contributed by atoms with van der Waals surface area (Å²) in [6, 6.07) is 9.92. The number of nitrogens with two attached hydrogens (primary N) is 1. The van der Waals surface area contributed by atoms with Gasteiger partial charge in [0.25, 0.3) is 0 Å². The average molecular weight is 533 g/mol. The average Bonchev–Trinajstić information content (AvgIpc) is 3.46. The van der Waals surface area contributed by atoms with Gasteiger partial charge in [0, 0.05) is 39.8 Å². The highest BCUT2D eigenvalue weighted by molar-refractivity contribution is 5.65. The summed E-state index contributed by atoms with van der Waals surface area (Å²) in [5.41, 5.74) is 9.09. The Morgan fingerprint density at radius 1 is 1.15 bits per heavy atom. The fraction of sp³-hybridized carbons (Fsp3) is 0.484. The van der Waals surface area contributed by atoms with Gasteiger partial charge < -0.3 is 24.8 Å². The number of hydrogen-bond donors (Lipinski definition) is 1. The van der Waals surface area contributed by atoms with Crippen molar-refractivity contribution in [1.29, 1.82) is 0 Å². The summed E-state index contributed by atoms with van der Waals surface area (Å²) in [5, 5.41) is 4.55. The summed E-state index contributed by atoms with van der Waals surface area (Å²) in [5.74, 6) is 7.26. The fourth-order valence-corrected chi connectivity index (χ4v) is 4.83. The van der Waals surface area contributed by atoms with Gasteiger partial charge in [-0.2, -0.15) is 5.10 Å². The predicted molar refractivity (Wildman–Crippen MR) is 152 cm³/mol. The van der Waals surface area contributed by atoms with Crippen molar-refractivity contribution in [2.24, 2.45) is 0 Å². The summed E-state index contributed by atoms with van der Waals surface area (Å²) < 4.78 is 42.7. The lowest BCUT2D eigenvalue weighted by molar-refractivity contribution is -0.199. The lowest BCUT2D eigenvalue weighted by atomic mass is 10.1. The summed E-state index contributed by atoms with van der Waals surface area (Å²) in [6.07, 6.45) is 9.82. The van der Waals surface area contributed by atoms with Crippen molar-refractivity contribution in [3.8, 4) is 28.7 Å². The molecule has 206 valence electrons. The monoisotopic (exact) mass is 532 g/mol. The molecule has 1 unspecified atom stereocenters. The van der Waals surface area contributed by atoms with Gasteiger partial charge in [0.05, 0.1) is 12.2 Å². The molecule has 8 heteroatoms. The standard InChI is InChI=1S/C31H39N5O3/c1-31(2,39-29-9-4-5-16-37-29)13-10-23-7-6-8-24(17-23)22-38-28-18-25(19-33-30(28)32)26-20-34-36(21-26)27-11-14-35(3)15-12-27/h6-8,17-21,27,29H,4-5,9,11-12,14-16,22H2,1-3H3,(H2,32,33)/i3D3. The molecule has 2 N–H and O–H groups in total. The van der Waals surface area contributed by atoms with Crippen molar-refractivity contribution < 1.29 is 18.3 Å². The maximum atomic E-state index is 7.62. The molecule has 0 spiro atoms. The van der Waals surface area contributed by atoms with Crippen LogP contribution < -0.4 is 10.5 Å². The number of hydrogen-bond acceptors (Lipinski definition) is 7. The van der Waals surface area contributed by atoms with Crippen LogP contribution in [-0.2, 0) is 16.1 Å². The number of aromatic nitrogens is 3. The molecule has 8 nitrogen and oxygen atoms in total. The van der Waals surface area contributed by atoms with E-state index in [0.717, 1.165) is 61.0 Å². The normalized spacial score (nSPS) is 20.4. The molecule has 0 aliphatic carbocycles. The van der Waals surface area contributed by atoms with Crippen LogP contribution in [0.25, 0.3) is 11.1 Å². The quantitative estimate of drug-likeness (QED) is 0.426. The van der Waals surface area contributed by atoms with Crippen LogP contribution in [0.5, 0.6) is 5.75 Å². The van der Waals surface area contributed by atoms with Crippen molar-refractivity contribution >= 4 is 5.82 Å². The van der Waals surface area contributed by atoms with E-state index in [2.05, 4.69) is 21.9 Å². The van der Waals surface area contributed by atoms with Gasteiger partial charge in [0.1, 0.15) is 12.2 Å². The second-order valence-corrected chi connectivity index (χ2v) is 10.7. The van der Waals surface area contributed by atoms with Crippen molar-refractivity contribution in [3.63, 3.8) is 0 Å². The first-order chi connectivity index (χ1) is 20.1. The maximum Gasteiger partial charge on any atom is 0.166 e. The van der Waals surface area contributed by atoms with Gasteiger partial charge >= 0.3 is 0 Å². The van der Waals surface area contributed by atoms with Crippen LogP contribution in [-0.4, -0.2) is 58.2 Å². The molecule has 4 heterocycles. The zero-order valence-electron chi connectivity index (χ0n) is 25.7. The van der Waals surface area contributed by atoms with Gasteiger partial charge in [-0.1, -0.05) is 24.0 Å². The number of rotatable bonds is 7. The van der Waals surface area contributed by atoms with Gasteiger partial charge in [-0.25, -0.2) is 4.98 Å². The predicted octanol–water partition coefficient (Wildman–Crippen LogP) is 5.05. The number of benzene rings is 1. The fourth-order valence-electron chi connectivity index (χ4n) is 4.83. The number of pyridine rings is 1. The highest BCUT2D eigenvalue weighted by Gasteiger charge is 2.24. The maximum absolute atomic E-state index is 7.62. The van der Waals surface area contributed by atoms with E-state index in [4.69, 9.17) is 24.1 Å². The van der Waals surface area contributed by atoms with E-state index in [9.17, 15) is 0 Å². The van der Waals surface area contributed by atoms with E-state index in [1.807, 2.05) is 55.1 Å². The number of piperidine rings is 1. The van der Waals surface area contributed by atoms with Crippen LogP contribution in [0.2, 0.25) is 0 Å². The van der Waals surface area contributed by atoms with Crippen molar-refractivity contribution in [2.75, 3.05) is 32.4 Å². The Labute approximate surface area is 235 Å². The minimum absolute atomic E-state index is 0.155. The summed E-state index contributed by atoms with van der Waals surface area (Å²) in [4.78, 5) is 5.90. The van der Waals surface area contributed by atoms with Crippen molar-refractivity contribution in [2.45, 2.75) is 70.5 Å². The minimum atomic E-state index is -2.04. The van der Waals surface area contributed by atoms with E-state index in [0.29, 0.717) is 31.3 Å². The van der Waals surface area contributed by atoms with Crippen molar-refractivity contribution in [1.82, 2.24) is 19.7 Å². The Morgan fingerprint density at radius 3 is 2.82 bits per heavy atom. The SMILES string of the molecule is [2H]C([2H])([2H])N1CCC(n2cc(-c3cnc(N)c(OCc4cccc(C#CC(C)(C)OC5CCCCO5)c4)c3)cn2)CC1.